The van der Waals surface area contributed by atoms with Crippen LogP contribution in [-0.2, 0) is 0 Å². The zero-order valence-corrected chi connectivity index (χ0v) is 6.24. The van der Waals surface area contributed by atoms with Gasteiger partial charge >= 0.3 is 0 Å². The van der Waals surface area contributed by atoms with Crippen molar-refractivity contribution in [2.24, 2.45) is 4.99 Å². The maximum absolute atomic E-state index is 5.11. The molecule has 0 saturated carbocycles. The van der Waals surface area contributed by atoms with Gasteiger partial charge in [0.05, 0.1) is 5.16 Å². The Bertz CT molecular complexity index is 151. The molecule has 0 bridgehead atoms. The highest BCUT2D eigenvalue weighted by Gasteiger charge is 1.96. The number of nitrogens with zero attached hydrogens (tertiary/aromatic N) is 1. The highest BCUT2D eigenvalue weighted by Crippen LogP contribution is 1.97. The first-order chi connectivity index (χ1) is 4.35. The summed E-state index contributed by atoms with van der Waals surface area (Å²) in [6, 6.07) is -0.0486. The van der Waals surface area contributed by atoms with Crippen molar-refractivity contribution in [3.63, 3.8) is 0 Å². The lowest BCUT2D eigenvalue weighted by atomic mass is 10.2. The summed E-state index contributed by atoms with van der Waals surface area (Å²) in [7, 11) is 0. The molecule has 0 amide bonds. The Morgan fingerprint density at radius 3 is 2.78 bits per heavy atom. The van der Waals surface area contributed by atoms with Crippen LogP contribution in [0.1, 0.15) is 19.8 Å². The number of isothiocyanates is 1. The molecule has 0 spiro atoms. The molecule has 48 valence electrons. The number of hydrogen-bond donors (Lipinski definition) is 0. The molecule has 0 saturated heterocycles. The third-order valence-corrected chi connectivity index (χ3v) is 1.07. The van der Waals surface area contributed by atoms with E-state index in [0.29, 0.717) is 0 Å². The predicted octanol–water partition coefficient (Wildman–Crippen LogP) is 1.89. The Kier molecular flexibility index (Phi) is 5.11. The van der Waals surface area contributed by atoms with Gasteiger partial charge in [0.25, 0.3) is 0 Å². The maximum Gasteiger partial charge on any atom is 0.120 e. The van der Waals surface area contributed by atoms with Crippen LogP contribution < -0.4 is 0 Å². The molecule has 0 fully saturated rings. The topological polar surface area (TPSA) is 12.4 Å². The van der Waals surface area contributed by atoms with Crippen molar-refractivity contribution in [1.82, 2.24) is 0 Å². The fraction of sp³-hybridized carbons (Fsp3) is 0.571. The summed E-state index contributed by atoms with van der Waals surface area (Å²) in [5, 5.41) is 2.27. The van der Waals surface area contributed by atoms with Crippen LogP contribution in [0.3, 0.4) is 0 Å². The smallest absolute Gasteiger partial charge is 0.120 e. The summed E-state index contributed by atoms with van der Waals surface area (Å²) in [5.41, 5.74) is 0. The minimum atomic E-state index is -0.0486. The number of terminal acetylenes is 1. The second-order valence-corrected chi connectivity index (χ2v) is 1.87. The maximum atomic E-state index is 5.11. The van der Waals surface area contributed by atoms with E-state index in [1.165, 1.54) is 0 Å². The van der Waals surface area contributed by atoms with Crippen LogP contribution in [0.4, 0.5) is 0 Å². The summed E-state index contributed by atoms with van der Waals surface area (Å²) in [5.74, 6) is 2.51. The minimum Gasteiger partial charge on any atom is -0.216 e. The van der Waals surface area contributed by atoms with Gasteiger partial charge in [-0.2, -0.15) is 0 Å². The molecule has 0 aromatic carbocycles. The van der Waals surface area contributed by atoms with Gasteiger partial charge in [-0.15, -0.1) is 6.42 Å². The van der Waals surface area contributed by atoms with Gasteiger partial charge in [0.15, 0.2) is 0 Å². The van der Waals surface area contributed by atoms with Crippen LogP contribution in [-0.4, -0.2) is 11.2 Å². The van der Waals surface area contributed by atoms with Crippen molar-refractivity contribution in [3.8, 4) is 12.3 Å². The van der Waals surface area contributed by atoms with Gasteiger partial charge in [0, 0.05) is 0 Å². The molecular weight excluding hydrogens is 130 g/mol. The molecule has 0 aliphatic carbocycles. The summed E-state index contributed by atoms with van der Waals surface area (Å²) >= 11 is 4.40. The molecule has 0 rings (SSSR count). The van der Waals surface area contributed by atoms with E-state index in [-0.39, 0.29) is 6.04 Å². The molecule has 0 aromatic rings. The molecule has 0 aliphatic heterocycles. The molecule has 0 N–H and O–H groups in total. The van der Waals surface area contributed by atoms with Crippen molar-refractivity contribution >= 4 is 17.4 Å². The Hall–Kier alpha value is -0.640. The van der Waals surface area contributed by atoms with Gasteiger partial charge in [-0.1, -0.05) is 19.3 Å². The number of thiocarbonyl (C=S) groups is 1. The lowest BCUT2D eigenvalue weighted by Gasteiger charge is -1.96. The normalized spacial score (nSPS) is 11.1. The zero-order chi connectivity index (χ0) is 7.11. The van der Waals surface area contributed by atoms with Crippen molar-refractivity contribution in [2.75, 3.05) is 0 Å². The molecular formula is C7H9NS. The van der Waals surface area contributed by atoms with E-state index in [1.54, 1.807) is 0 Å². The highest BCUT2D eigenvalue weighted by molar-refractivity contribution is 7.78. The van der Waals surface area contributed by atoms with Crippen LogP contribution in [0, 0.1) is 12.3 Å². The predicted molar refractivity (Wildman–Crippen MR) is 42.6 cm³/mol. The Morgan fingerprint density at radius 1 is 1.78 bits per heavy atom. The standard InChI is InChI=1S/C7H9NS/c1-3-5-7(4-2)8-6-9/h2,7H,3,5H2,1H3. The van der Waals surface area contributed by atoms with Crippen molar-refractivity contribution in [2.45, 2.75) is 25.8 Å². The van der Waals surface area contributed by atoms with E-state index in [4.69, 9.17) is 6.42 Å². The summed E-state index contributed by atoms with van der Waals surface area (Å²) < 4.78 is 0. The summed E-state index contributed by atoms with van der Waals surface area (Å²) in [6.45, 7) is 2.06. The molecule has 2 heteroatoms. The molecule has 1 nitrogen and oxygen atoms in total. The van der Waals surface area contributed by atoms with E-state index in [2.05, 4.69) is 35.2 Å². The molecule has 1 atom stereocenters. The average molecular weight is 139 g/mol. The van der Waals surface area contributed by atoms with E-state index in [1.807, 2.05) is 0 Å². The van der Waals surface area contributed by atoms with Crippen LogP contribution in [0.15, 0.2) is 4.99 Å². The largest absolute Gasteiger partial charge is 0.216 e. The van der Waals surface area contributed by atoms with Crippen LogP contribution in [0.5, 0.6) is 0 Å². The third kappa shape index (κ3) is 3.90. The van der Waals surface area contributed by atoms with Crippen molar-refractivity contribution in [3.05, 3.63) is 0 Å². The number of rotatable bonds is 3. The first kappa shape index (κ1) is 8.36. The molecule has 0 aromatic heterocycles. The Labute approximate surface area is 61.2 Å². The first-order valence-electron chi connectivity index (χ1n) is 2.88. The quantitative estimate of drug-likeness (QED) is 0.330. The van der Waals surface area contributed by atoms with Gasteiger partial charge in [-0.25, -0.2) is 4.99 Å². The highest BCUT2D eigenvalue weighted by atomic mass is 32.1. The average Bonchev–Trinajstić information content (AvgIpc) is 1.88. The Balaban J connectivity index is 3.72. The zero-order valence-electron chi connectivity index (χ0n) is 5.42. The van der Waals surface area contributed by atoms with Crippen molar-refractivity contribution in [1.29, 1.82) is 0 Å². The van der Waals surface area contributed by atoms with E-state index in [9.17, 15) is 0 Å². The second-order valence-electron chi connectivity index (χ2n) is 1.69. The van der Waals surface area contributed by atoms with Gasteiger partial charge in [-0.05, 0) is 18.6 Å². The fourth-order valence-corrected chi connectivity index (χ4v) is 0.649. The number of aliphatic imine (C=N–C) groups is 1. The van der Waals surface area contributed by atoms with Gasteiger partial charge in [0.1, 0.15) is 6.04 Å². The van der Waals surface area contributed by atoms with E-state index in [0.717, 1.165) is 12.8 Å². The molecule has 0 heterocycles. The van der Waals surface area contributed by atoms with Crippen LogP contribution >= 0.6 is 12.2 Å². The molecule has 9 heavy (non-hydrogen) atoms. The fourth-order valence-electron chi connectivity index (χ4n) is 0.522. The second kappa shape index (κ2) is 5.50. The van der Waals surface area contributed by atoms with Gasteiger partial charge < -0.3 is 0 Å². The summed E-state index contributed by atoms with van der Waals surface area (Å²) in [4.78, 5) is 3.76. The first-order valence-corrected chi connectivity index (χ1v) is 3.29. The molecule has 0 radical (unpaired) electrons. The van der Waals surface area contributed by atoms with Crippen molar-refractivity contribution < 1.29 is 0 Å². The van der Waals surface area contributed by atoms with Crippen LogP contribution in [0.2, 0.25) is 0 Å². The lowest BCUT2D eigenvalue weighted by molar-refractivity contribution is 0.726. The Morgan fingerprint density at radius 2 is 2.44 bits per heavy atom. The van der Waals surface area contributed by atoms with E-state index < -0.39 is 0 Å². The molecule has 1 unspecified atom stereocenters. The summed E-state index contributed by atoms with van der Waals surface area (Å²) in [6.07, 6.45) is 7.05. The monoisotopic (exact) mass is 139 g/mol. The van der Waals surface area contributed by atoms with Gasteiger partial charge in [-0.3, -0.25) is 0 Å². The third-order valence-electron chi connectivity index (χ3n) is 0.963. The SMILES string of the molecule is C#CC(CCC)N=C=S. The lowest BCUT2D eigenvalue weighted by Crippen LogP contribution is -1.97. The number of hydrogen-bond acceptors (Lipinski definition) is 2. The van der Waals surface area contributed by atoms with Gasteiger partial charge in [0.2, 0.25) is 0 Å². The molecule has 0 aliphatic rings. The minimum absolute atomic E-state index is 0.0486. The van der Waals surface area contributed by atoms with Crippen LogP contribution in [0.25, 0.3) is 0 Å². The van der Waals surface area contributed by atoms with E-state index >= 15 is 0 Å².